The fraction of sp³-hybridized carbons (Fsp3) is 0.552. The van der Waals surface area contributed by atoms with Crippen molar-refractivity contribution in [3.63, 3.8) is 0 Å². The Labute approximate surface area is 246 Å². The number of anilines is 1. The Morgan fingerprint density at radius 1 is 1.23 bits per heavy atom. The van der Waals surface area contributed by atoms with Gasteiger partial charge in [0.2, 0.25) is 5.91 Å². The topological polar surface area (TPSA) is 81.8 Å². The zero-order valence-corrected chi connectivity index (χ0v) is 25.3. The summed E-state index contributed by atoms with van der Waals surface area (Å²) in [5.41, 5.74) is 1.57. The van der Waals surface area contributed by atoms with E-state index >= 15 is 4.39 Å². The molecule has 0 spiro atoms. The van der Waals surface area contributed by atoms with Gasteiger partial charge in [0.1, 0.15) is 5.82 Å². The van der Waals surface area contributed by atoms with Crippen LogP contribution in [0.15, 0.2) is 42.5 Å². The third-order valence-electron chi connectivity index (χ3n) is 8.70. The molecule has 7 nitrogen and oxygen atoms in total. The van der Waals surface area contributed by atoms with E-state index in [0.29, 0.717) is 66.8 Å². The molecule has 0 saturated carbocycles. The van der Waals surface area contributed by atoms with Gasteiger partial charge in [-0.2, -0.15) is 0 Å². The van der Waals surface area contributed by atoms with Crippen LogP contribution in [0.3, 0.4) is 0 Å². The minimum Gasteiger partial charge on any atom is -0.326 e. The number of carbonyl (C=O) groups excluding carboxylic acids is 1. The summed E-state index contributed by atoms with van der Waals surface area (Å²) in [5, 5.41) is 7.22. The van der Waals surface area contributed by atoms with E-state index in [2.05, 4.69) is 14.9 Å². The smallest absolute Gasteiger partial charge is 0.225 e. The number of amides is 1. The summed E-state index contributed by atoms with van der Waals surface area (Å²) in [6.45, 7) is 2.74. The Morgan fingerprint density at radius 2 is 1.98 bits per heavy atom. The molecule has 11 heteroatoms. The molecule has 0 aromatic heterocycles. The highest BCUT2D eigenvalue weighted by Gasteiger charge is 2.39. The third-order valence-corrected chi connectivity index (χ3v) is 11.7. The molecule has 3 fully saturated rings. The summed E-state index contributed by atoms with van der Waals surface area (Å²) < 4.78 is 44.0. The zero-order valence-electron chi connectivity index (χ0n) is 22.9. The molecule has 3 aliphatic rings. The molecule has 40 heavy (non-hydrogen) atoms. The van der Waals surface area contributed by atoms with Crippen LogP contribution in [-0.2, 0) is 38.6 Å². The van der Waals surface area contributed by atoms with Gasteiger partial charge in [-0.25, -0.2) is 21.4 Å². The van der Waals surface area contributed by atoms with Crippen molar-refractivity contribution in [3.8, 4) is 0 Å². The van der Waals surface area contributed by atoms with Crippen molar-refractivity contribution in [1.82, 2.24) is 13.9 Å². The molecule has 0 radical (unpaired) electrons. The Morgan fingerprint density at radius 3 is 2.70 bits per heavy atom. The molecule has 0 aliphatic carbocycles. The molecule has 2 N–H and O–H groups in total. The summed E-state index contributed by atoms with van der Waals surface area (Å²) >= 11 is 6.15. The van der Waals surface area contributed by atoms with Gasteiger partial charge >= 0.3 is 0 Å². The largest absolute Gasteiger partial charge is 0.326 e. The second-order valence-corrected chi connectivity index (χ2v) is 14.5. The van der Waals surface area contributed by atoms with Gasteiger partial charge in [0, 0.05) is 78.4 Å². The maximum Gasteiger partial charge on any atom is 0.225 e. The summed E-state index contributed by atoms with van der Waals surface area (Å²) in [7, 11) is -2.07. The fourth-order valence-electron chi connectivity index (χ4n) is 6.38. The minimum atomic E-state index is -1.06. The van der Waals surface area contributed by atoms with Crippen LogP contribution in [0.2, 0.25) is 5.02 Å². The highest BCUT2D eigenvalue weighted by Crippen LogP contribution is 2.40. The first-order valence-corrected chi connectivity index (χ1v) is 17.2. The molecular weight excluding hydrogens is 571 g/mol. The van der Waals surface area contributed by atoms with Crippen molar-refractivity contribution < 1.29 is 17.6 Å². The van der Waals surface area contributed by atoms with Crippen LogP contribution in [0.25, 0.3) is 0 Å². The third kappa shape index (κ3) is 6.85. The summed E-state index contributed by atoms with van der Waals surface area (Å²) in [4.78, 5) is 13.5. The van der Waals surface area contributed by atoms with Crippen LogP contribution in [0.4, 0.5) is 10.1 Å². The Balaban J connectivity index is 1.30. The van der Waals surface area contributed by atoms with E-state index in [-0.39, 0.29) is 24.2 Å². The Kier molecular flexibility index (Phi) is 9.75. The Hall–Kier alpha value is -1.69. The van der Waals surface area contributed by atoms with Gasteiger partial charge in [-0.05, 0) is 68.4 Å². The van der Waals surface area contributed by atoms with Gasteiger partial charge in [0.25, 0.3) is 0 Å². The normalized spacial score (nSPS) is 27.5. The summed E-state index contributed by atoms with van der Waals surface area (Å²) in [5.74, 6) is 0.156. The van der Waals surface area contributed by atoms with Crippen LogP contribution in [0.1, 0.15) is 49.7 Å². The van der Waals surface area contributed by atoms with E-state index in [4.69, 9.17) is 11.6 Å². The molecule has 2 aromatic carbocycles. The number of piperidine rings is 1. The second kappa shape index (κ2) is 13.1. The number of nitrogens with zero attached hydrogens (tertiary/aromatic N) is 2. The average Bonchev–Trinajstić information content (AvgIpc) is 3.08. The molecule has 218 valence electrons. The number of rotatable bonds is 8. The maximum atomic E-state index is 15.1. The molecule has 2 bridgehead atoms. The molecule has 3 saturated heterocycles. The lowest BCUT2D eigenvalue weighted by Crippen LogP contribution is -2.55. The second-order valence-electron chi connectivity index (χ2n) is 11.2. The van der Waals surface area contributed by atoms with Gasteiger partial charge in [0.05, 0.1) is 22.0 Å². The lowest BCUT2D eigenvalue weighted by molar-refractivity contribution is -0.117. The van der Waals surface area contributed by atoms with Crippen LogP contribution in [0.5, 0.6) is 0 Å². The standard InChI is InChI=1S/C29H38ClFN4O3S2/c1-39(37)34-15-13-29(14-16-34,21-7-9-22(30)10-8-21)18-28(36)33-27-6-2-5-26(31)25(27)12-11-24-19-32-23-4-3-17-40(38)35(24)20-23/h2,5-10,23-24,32H,3-4,11-20H2,1H3,(H,33,36)/t23-,24?,39?,40?/m1/s1. The van der Waals surface area contributed by atoms with Crippen LogP contribution in [-0.4, -0.2) is 73.2 Å². The first-order valence-electron chi connectivity index (χ1n) is 14.0. The number of hydrogen-bond acceptors (Lipinski definition) is 4. The van der Waals surface area contributed by atoms with Crippen molar-refractivity contribution in [2.75, 3.05) is 43.5 Å². The van der Waals surface area contributed by atoms with Crippen LogP contribution >= 0.6 is 11.6 Å². The molecular formula is C29H38ClFN4O3S2. The van der Waals surface area contributed by atoms with E-state index < -0.39 is 27.4 Å². The van der Waals surface area contributed by atoms with E-state index in [1.54, 1.807) is 18.4 Å². The van der Waals surface area contributed by atoms with Crippen LogP contribution < -0.4 is 10.6 Å². The molecule has 3 heterocycles. The lowest BCUT2D eigenvalue weighted by atomic mass is 9.70. The number of fused-ring (bicyclic) bond motifs is 2. The zero-order chi connectivity index (χ0) is 28.3. The summed E-state index contributed by atoms with van der Waals surface area (Å²) in [6, 6.07) is 12.8. The highest BCUT2D eigenvalue weighted by molar-refractivity contribution is 7.82. The maximum absolute atomic E-state index is 15.1. The lowest BCUT2D eigenvalue weighted by Gasteiger charge is -2.41. The van der Waals surface area contributed by atoms with E-state index in [1.807, 2.05) is 28.6 Å². The van der Waals surface area contributed by atoms with Gasteiger partial charge in [-0.15, -0.1) is 0 Å². The molecule has 1 amide bonds. The van der Waals surface area contributed by atoms with Crippen molar-refractivity contribution in [3.05, 3.63) is 64.4 Å². The molecule has 4 unspecified atom stereocenters. The minimum absolute atomic E-state index is 0.0563. The van der Waals surface area contributed by atoms with Crippen LogP contribution in [0, 0.1) is 5.82 Å². The number of piperazine rings is 1. The Bertz CT molecular complexity index is 1260. The first-order chi connectivity index (χ1) is 19.2. The van der Waals surface area contributed by atoms with E-state index in [0.717, 1.165) is 31.5 Å². The predicted molar refractivity (Wildman–Crippen MR) is 160 cm³/mol. The number of benzene rings is 2. The van der Waals surface area contributed by atoms with Gasteiger partial charge in [-0.1, -0.05) is 29.8 Å². The SMILES string of the molecule is CS(=O)N1CCC(CC(=O)Nc2cccc(F)c2CCC2CN[C@@H]3CCCS(=O)N2C3)(c2ccc(Cl)cc2)CC1. The van der Waals surface area contributed by atoms with Crippen molar-refractivity contribution in [2.24, 2.45) is 0 Å². The monoisotopic (exact) mass is 608 g/mol. The van der Waals surface area contributed by atoms with Crippen molar-refractivity contribution >= 4 is 45.2 Å². The fourth-order valence-corrected chi connectivity index (χ4v) is 8.71. The van der Waals surface area contributed by atoms with Gasteiger partial charge in [0.15, 0.2) is 0 Å². The first kappa shape index (κ1) is 29.8. The number of hydrogen-bond donors (Lipinski definition) is 2. The number of nitrogens with one attached hydrogen (secondary N) is 2. The van der Waals surface area contributed by atoms with Crippen molar-refractivity contribution in [1.29, 1.82) is 0 Å². The van der Waals surface area contributed by atoms with E-state index in [1.165, 1.54) is 6.07 Å². The number of carbonyl (C=O) groups is 1. The van der Waals surface area contributed by atoms with Gasteiger partial charge < -0.3 is 10.6 Å². The molecule has 2 aromatic rings. The molecule has 5 atom stereocenters. The van der Waals surface area contributed by atoms with Crippen molar-refractivity contribution in [2.45, 2.75) is 62.4 Å². The predicted octanol–water partition coefficient (Wildman–Crippen LogP) is 4.17. The number of halogens is 2. The van der Waals surface area contributed by atoms with Gasteiger partial charge in [-0.3, -0.25) is 4.79 Å². The quantitative estimate of drug-likeness (QED) is 0.471. The highest BCUT2D eigenvalue weighted by atomic mass is 35.5. The van der Waals surface area contributed by atoms with E-state index in [9.17, 15) is 13.2 Å². The average molecular weight is 609 g/mol. The molecule has 3 aliphatic heterocycles. The summed E-state index contributed by atoms with van der Waals surface area (Å²) in [6.07, 6.45) is 6.34. The molecule has 5 rings (SSSR count).